The van der Waals surface area contributed by atoms with E-state index in [0.29, 0.717) is 23.8 Å². The summed E-state index contributed by atoms with van der Waals surface area (Å²) in [5.74, 6) is 0.695. The Kier molecular flexibility index (Phi) is 7.25. The fraction of sp³-hybridized carbons (Fsp3) is 0.667. The predicted molar refractivity (Wildman–Crippen MR) is 146 cm³/mol. The van der Waals surface area contributed by atoms with Gasteiger partial charge in [-0.15, -0.1) is 0 Å². The van der Waals surface area contributed by atoms with E-state index in [1.54, 1.807) is 6.92 Å². The van der Waals surface area contributed by atoms with Gasteiger partial charge in [-0.2, -0.15) is 0 Å². The normalized spacial score (nSPS) is 32.1. The van der Waals surface area contributed by atoms with Crippen LogP contribution in [0.25, 0.3) is 11.0 Å². The number of aliphatic carboxylic acids is 1. The minimum Gasteiger partial charge on any atom is -0.479 e. The van der Waals surface area contributed by atoms with Crippen molar-refractivity contribution in [3.8, 4) is 0 Å². The van der Waals surface area contributed by atoms with Crippen LogP contribution in [0.5, 0.6) is 0 Å². The van der Waals surface area contributed by atoms with E-state index in [-0.39, 0.29) is 17.3 Å². The number of rotatable bonds is 6. The molecule has 2 aliphatic carbocycles. The van der Waals surface area contributed by atoms with Crippen LogP contribution in [-0.2, 0) is 9.63 Å². The molecular formula is C30H40N4O4. The van der Waals surface area contributed by atoms with Gasteiger partial charge in [0.2, 0.25) is 6.61 Å². The second-order valence-electron chi connectivity index (χ2n) is 12.2. The number of oxime groups is 1. The van der Waals surface area contributed by atoms with Gasteiger partial charge in [-0.3, -0.25) is 9.69 Å². The predicted octanol–water partition coefficient (Wildman–Crippen LogP) is 5.14. The molecule has 2 aromatic rings. The molecule has 4 fully saturated rings. The van der Waals surface area contributed by atoms with E-state index in [1.165, 1.54) is 64.2 Å². The lowest BCUT2D eigenvalue weighted by molar-refractivity contribution is -0.142. The van der Waals surface area contributed by atoms with E-state index in [4.69, 9.17) is 9.94 Å². The molecule has 0 radical (unpaired) electrons. The van der Waals surface area contributed by atoms with Gasteiger partial charge in [-0.25, -0.2) is 9.78 Å². The van der Waals surface area contributed by atoms with Crippen molar-refractivity contribution in [2.24, 2.45) is 17.0 Å². The van der Waals surface area contributed by atoms with Crippen molar-refractivity contribution in [1.29, 1.82) is 0 Å². The summed E-state index contributed by atoms with van der Waals surface area (Å²) in [6, 6.07) is 9.68. The molecule has 1 N–H and O–H groups in total. The van der Waals surface area contributed by atoms with Crippen molar-refractivity contribution < 1.29 is 14.7 Å². The van der Waals surface area contributed by atoms with Crippen molar-refractivity contribution in [1.82, 2.24) is 14.5 Å². The van der Waals surface area contributed by atoms with Crippen LogP contribution in [0.1, 0.15) is 95.7 Å². The molecular weight excluding hydrogens is 480 g/mol. The number of benzene rings is 1. The summed E-state index contributed by atoms with van der Waals surface area (Å²) >= 11 is 0. The Balaban J connectivity index is 1.31. The Morgan fingerprint density at radius 2 is 1.63 bits per heavy atom. The maximum absolute atomic E-state index is 13.9. The standard InChI is InChI=1S/C30H40N4O4/c1-19(32-38-18-28(35)36)29-30(37)34(27-12-5-4-11-26(27)31-29)25-16-22-9-6-10-23(17-25)33(22)24-14-20-7-2-3-8-21(13-20)15-24/h4-5,11-12,20-25H,2-3,6-10,13-18H2,1H3,(H,35,36)/b32-19+/t20-,21+,22-,23+,24?,25+. The van der Waals surface area contributed by atoms with Crippen LogP contribution in [0, 0.1) is 11.8 Å². The number of para-hydroxylation sites is 2. The summed E-state index contributed by atoms with van der Waals surface area (Å²) in [4.78, 5) is 37.3. The topological polar surface area (TPSA) is 97.0 Å². The molecule has 2 saturated heterocycles. The number of carboxylic acid groups (broad SMARTS) is 1. The number of aromatic nitrogens is 2. The number of fused-ring (bicyclic) bond motifs is 5. The molecule has 1 unspecified atom stereocenters. The maximum Gasteiger partial charge on any atom is 0.344 e. The van der Waals surface area contributed by atoms with Gasteiger partial charge in [0.1, 0.15) is 5.71 Å². The summed E-state index contributed by atoms with van der Waals surface area (Å²) in [6.45, 7) is 1.11. The van der Waals surface area contributed by atoms with Crippen LogP contribution in [-0.4, -0.2) is 56.0 Å². The van der Waals surface area contributed by atoms with Gasteiger partial charge in [0.25, 0.3) is 5.56 Å². The van der Waals surface area contributed by atoms with Crippen molar-refractivity contribution in [3.63, 3.8) is 0 Å². The lowest BCUT2D eigenvalue weighted by Crippen LogP contribution is -2.58. The van der Waals surface area contributed by atoms with Crippen LogP contribution in [0.4, 0.5) is 0 Å². The fourth-order valence-electron chi connectivity index (χ4n) is 8.29. The van der Waals surface area contributed by atoms with Crippen molar-refractivity contribution in [2.75, 3.05) is 6.61 Å². The SMILES string of the molecule is C/C(=N\OCC(=O)O)c1nc2ccccc2n([C@H]2C[C@H]3CCC[C@@H](C2)N3C2C[C@H]3CCCC[C@@H](C2)C3)c1=O. The molecule has 0 spiro atoms. The first kappa shape index (κ1) is 25.5. The molecule has 0 amide bonds. The first-order valence-electron chi connectivity index (χ1n) is 14.7. The minimum atomic E-state index is -1.11. The largest absolute Gasteiger partial charge is 0.479 e. The Bertz CT molecular complexity index is 1240. The monoisotopic (exact) mass is 520 g/mol. The molecule has 8 heteroatoms. The van der Waals surface area contributed by atoms with Gasteiger partial charge in [-0.1, -0.05) is 49.4 Å². The Morgan fingerprint density at radius 3 is 2.32 bits per heavy atom. The van der Waals surface area contributed by atoms with Gasteiger partial charge >= 0.3 is 5.97 Å². The lowest BCUT2D eigenvalue weighted by atomic mass is 9.73. The van der Waals surface area contributed by atoms with Gasteiger partial charge in [0, 0.05) is 24.2 Å². The fourth-order valence-corrected chi connectivity index (χ4v) is 8.29. The molecule has 1 aromatic carbocycles. The molecule has 2 saturated carbocycles. The first-order valence-corrected chi connectivity index (χ1v) is 14.7. The number of carbonyl (C=O) groups is 1. The first-order chi connectivity index (χ1) is 18.5. The second-order valence-corrected chi connectivity index (χ2v) is 12.2. The Hall–Kier alpha value is -2.74. The third kappa shape index (κ3) is 4.99. The van der Waals surface area contributed by atoms with Crippen LogP contribution >= 0.6 is 0 Å². The van der Waals surface area contributed by atoms with Crippen molar-refractivity contribution >= 4 is 22.7 Å². The highest BCUT2D eigenvalue weighted by atomic mass is 16.6. The smallest absolute Gasteiger partial charge is 0.344 e. The average Bonchev–Trinajstić information content (AvgIpc) is 3.06. The van der Waals surface area contributed by atoms with E-state index < -0.39 is 12.6 Å². The van der Waals surface area contributed by atoms with Crippen molar-refractivity contribution in [3.05, 3.63) is 40.3 Å². The van der Waals surface area contributed by atoms with Gasteiger partial charge in [0.15, 0.2) is 5.69 Å². The van der Waals surface area contributed by atoms with E-state index in [2.05, 4.69) is 15.0 Å². The molecule has 6 atom stereocenters. The zero-order chi connectivity index (χ0) is 26.2. The minimum absolute atomic E-state index is 0.110. The summed E-state index contributed by atoms with van der Waals surface area (Å²) < 4.78 is 1.97. The zero-order valence-electron chi connectivity index (χ0n) is 22.4. The maximum atomic E-state index is 13.9. The van der Waals surface area contributed by atoms with E-state index in [9.17, 15) is 9.59 Å². The van der Waals surface area contributed by atoms with Crippen LogP contribution in [0.2, 0.25) is 0 Å². The highest BCUT2D eigenvalue weighted by Gasteiger charge is 2.45. The van der Waals surface area contributed by atoms with Gasteiger partial charge in [-0.05, 0) is 75.8 Å². The van der Waals surface area contributed by atoms with E-state index in [1.807, 2.05) is 28.8 Å². The number of hydrogen-bond acceptors (Lipinski definition) is 6. The highest BCUT2D eigenvalue weighted by Crippen LogP contribution is 2.46. The molecule has 4 bridgehead atoms. The Morgan fingerprint density at radius 1 is 0.947 bits per heavy atom. The Labute approximate surface area is 224 Å². The number of piperidine rings is 2. The van der Waals surface area contributed by atoms with Crippen LogP contribution in [0.15, 0.2) is 34.2 Å². The summed E-state index contributed by atoms with van der Waals surface area (Å²) in [6.07, 6.45) is 15.5. The molecule has 1 aromatic heterocycles. The quantitative estimate of drug-likeness (QED) is 0.419. The average molecular weight is 521 g/mol. The third-order valence-electron chi connectivity index (χ3n) is 9.67. The van der Waals surface area contributed by atoms with Crippen LogP contribution < -0.4 is 5.56 Å². The molecule has 204 valence electrons. The van der Waals surface area contributed by atoms with E-state index in [0.717, 1.165) is 35.7 Å². The van der Waals surface area contributed by atoms with Gasteiger partial charge in [0.05, 0.1) is 11.0 Å². The zero-order valence-corrected chi connectivity index (χ0v) is 22.4. The molecule has 6 rings (SSSR count). The lowest BCUT2D eigenvalue weighted by Gasteiger charge is -2.54. The third-order valence-corrected chi connectivity index (χ3v) is 9.67. The summed E-state index contributed by atoms with van der Waals surface area (Å²) in [5, 5.41) is 12.8. The summed E-state index contributed by atoms with van der Waals surface area (Å²) in [5.41, 5.74) is 1.99. The highest BCUT2D eigenvalue weighted by molar-refractivity contribution is 5.97. The van der Waals surface area contributed by atoms with Crippen LogP contribution in [0.3, 0.4) is 0 Å². The summed E-state index contributed by atoms with van der Waals surface area (Å²) in [7, 11) is 0. The van der Waals surface area contributed by atoms with E-state index >= 15 is 0 Å². The molecule has 8 nitrogen and oxygen atoms in total. The second kappa shape index (κ2) is 10.8. The van der Waals surface area contributed by atoms with Gasteiger partial charge < -0.3 is 14.5 Å². The number of nitrogens with zero attached hydrogens (tertiary/aromatic N) is 4. The number of carboxylic acids is 1. The van der Waals surface area contributed by atoms with Crippen molar-refractivity contribution in [2.45, 2.75) is 108 Å². The number of hydrogen-bond donors (Lipinski definition) is 1. The molecule has 2 aliphatic heterocycles. The molecule has 3 heterocycles. The molecule has 4 aliphatic rings. The molecule has 38 heavy (non-hydrogen) atoms.